The lowest BCUT2D eigenvalue weighted by atomic mass is 10.1. The van der Waals surface area contributed by atoms with Crippen molar-refractivity contribution in [3.63, 3.8) is 0 Å². The van der Waals surface area contributed by atoms with Gasteiger partial charge >= 0.3 is 0 Å². The molecule has 2 saturated carbocycles. The predicted molar refractivity (Wildman–Crippen MR) is 123 cm³/mol. The van der Waals surface area contributed by atoms with Crippen LogP contribution in [0.1, 0.15) is 51.1 Å². The topological polar surface area (TPSA) is 169 Å². The summed E-state index contributed by atoms with van der Waals surface area (Å²) < 4.78 is 7.15. The molecule has 1 saturated heterocycles. The molecular weight excluding hydrogens is 454 g/mol. The Morgan fingerprint density at radius 2 is 2.03 bits per heavy atom. The third kappa shape index (κ3) is 4.93. The quantitative estimate of drug-likeness (QED) is 0.372. The van der Waals surface area contributed by atoms with E-state index in [9.17, 15) is 19.8 Å². The van der Waals surface area contributed by atoms with Crippen molar-refractivity contribution in [3.05, 3.63) is 12.2 Å². The van der Waals surface area contributed by atoms with Gasteiger partial charge in [0, 0.05) is 19.0 Å². The second kappa shape index (κ2) is 9.41. The van der Waals surface area contributed by atoms with Crippen LogP contribution in [0.2, 0.25) is 0 Å². The first-order valence-electron chi connectivity index (χ1n) is 11.9. The minimum Gasteiger partial charge on any atom is -0.387 e. The van der Waals surface area contributed by atoms with E-state index in [0.29, 0.717) is 18.9 Å². The minimum atomic E-state index is -1.41. The third-order valence-corrected chi connectivity index (χ3v) is 6.44. The number of fused-ring (bicyclic) bond motifs is 1. The van der Waals surface area contributed by atoms with Crippen molar-refractivity contribution >= 4 is 28.8 Å². The van der Waals surface area contributed by atoms with Crippen LogP contribution in [-0.2, 0) is 14.3 Å². The summed E-state index contributed by atoms with van der Waals surface area (Å²) in [6.45, 7) is 2.79. The number of amides is 2. The summed E-state index contributed by atoms with van der Waals surface area (Å²) in [6, 6.07) is 0.0880. The van der Waals surface area contributed by atoms with Crippen molar-refractivity contribution in [2.24, 2.45) is 5.92 Å². The van der Waals surface area contributed by atoms with Crippen LogP contribution in [0.4, 0.5) is 5.82 Å². The number of aromatic nitrogens is 4. The molecule has 5 N–H and O–H groups in total. The van der Waals surface area contributed by atoms with Crippen LogP contribution in [-0.4, -0.2) is 83.9 Å². The zero-order valence-electron chi connectivity index (χ0n) is 19.4. The fraction of sp³-hybridized carbons (Fsp3) is 0.609. The number of carbonyl (C=O) groups is 2. The highest BCUT2D eigenvalue weighted by Gasteiger charge is 2.48. The predicted octanol–water partition coefficient (Wildman–Crippen LogP) is -0.694. The van der Waals surface area contributed by atoms with Gasteiger partial charge in [-0.3, -0.25) is 14.2 Å². The monoisotopic (exact) mass is 483 g/mol. The van der Waals surface area contributed by atoms with E-state index in [1.807, 2.05) is 6.92 Å². The number of anilines is 1. The number of imidazole rings is 1. The van der Waals surface area contributed by atoms with E-state index in [1.54, 1.807) is 4.90 Å². The van der Waals surface area contributed by atoms with Gasteiger partial charge in [-0.05, 0) is 37.5 Å². The smallest absolute Gasteiger partial charge is 0.252 e. The summed E-state index contributed by atoms with van der Waals surface area (Å²) in [6.07, 6.45) is 0.700. The van der Waals surface area contributed by atoms with Gasteiger partial charge < -0.3 is 30.9 Å². The van der Waals surface area contributed by atoms with Crippen LogP contribution in [0.5, 0.6) is 0 Å². The lowest BCUT2D eigenvalue weighted by Gasteiger charge is -2.19. The molecule has 4 atom stereocenters. The molecule has 3 heterocycles. The van der Waals surface area contributed by atoms with Crippen molar-refractivity contribution < 1.29 is 24.5 Å². The first-order chi connectivity index (χ1) is 16.9. The van der Waals surface area contributed by atoms with Crippen molar-refractivity contribution in [1.29, 1.82) is 0 Å². The number of nitrogens with zero attached hydrogens (tertiary/aromatic N) is 5. The Labute approximate surface area is 201 Å². The normalized spacial score (nSPS) is 25.8. The van der Waals surface area contributed by atoms with Crippen LogP contribution in [0.25, 0.3) is 11.2 Å². The van der Waals surface area contributed by atoms with Gasteiger partial charge in [0.1, 0.15) is 17.7 Å². The molecule has 186 valence electrons. The number of nitrogens with two attached hydrogens (primary N) is 1. The van der Waals surface area contributed by atoms with Crippen molar-refractivity contribution in [1.82, 2.24) is 29.7 Å². The molecule has 12 heteroatoms. The molecule has 1 aliphatic heterocycles. The Morgan fingerprint density at radius 3 is 2.71 bits per heavy atom. The Kier molecular flexibility index (Phi) is 6.31. The van der Waals surface area contributed by atoms with E-state index < -0.39 is 30.4 Å². The average Bonchev–Trinajstić information content (AvgIpc) is 3.76. The Bertz CT molecular complexity index is 1200. The molecule has 0 bridgehead atoms. The molecule has 35 heavy (non-hydrogen) atoms. The first kappa shape index (κ1) is 23.5. The number of rotatable bonds is 7. The number of carbonyl (C=O) groups excluding carboxylic acids is 2. The van der Waals surface area contributed by atoms with Crippen molar-refractivity contribution in [2.45, 2.75) is 69.6 Å². The highest BCUT2D eigenvalue weighted by Crippen LogP contribution is 2.33. The van der Waals surface area contributed by atoms with E-state index >= 15 is 0 Å². The second-order valence-corrected chi connectivity index (χ2v) is 9.34. The van der Waals surface area contributed by atoms with Crippen LogP contribution >= 0.6 is 0 Å². The summed E-state index contributed by atoms with van der Waals surface area (Å²) in [4.78, 5) is 39.2. The third-order valence-electron chi connectivity index (χ3n) is 6.44. The second-order valence-electron chi connectivity index (χ2n) is 9.34. The van der Waals surface area contributed by atoms with Gasteiger partial charge in [0.05, 0.1) is 12.9 Å². The lowest BCUT2D eigenvalue weighted by molar-refractivity contribution is -0.137. The summed E-state index contributed by atoms with van der Waals surface area (Å²) in [5.74, 6) is 6.16. The zero-order valence-corrected chi connectivity index (χ0v) is 19.4. The highest BCUT2D eigenvalue weighted by atomic mass is 16.6. The van der Waals surface area contributed by atoms with Gasteiger partial charge in [0.25, 0.3) is 5.91 Å². The van der Waals surface area contributed by atoms with Gasteiger partial charge in [-0.1, -0.05) is 12.8 Å². The molecule has 3 fully saturated rings. The van der Waals surface area contributed by atoms with Gasteiger partial charge in [-0.2, -0.15) is 0 Å². The molecule has 5 rings (SSSR count). The maximum atomic E-state index is 12.4. The summed E-state index contributed by atoms with van der Waals surface area (Å²) in [5, 5.41) is 23.8. The van der Waals surface area contributed by atoms with Crippen molar-refractivity contribution in [2.75, 3.05) is 18.8 Å². The molecule has 2 aromatic heterocycles. The van der Waals surface area contributed by atoms with Gasteiger partial charge in [0.15, 0.2) is 23.8 Å². The fourth-order valence-corrected chi connectivity index (χ4v) is 4.10. The van der Waals surface area contributed by atoms with E-state index in [4.69, 9.17) is 10.5 Å². The highest BCUT2D eigenvalue weighted by molar-refractivity contribution is 5.83. The molecule has 0 aromatic carbocycles. The van der Waals surface area contributed by atoms with Crippen LogP contribution < -0.4 is 11.1 Å². The maximum absolute atomic E-state index is 12.4. The Hall–Kier alpha value is -3.27. The van der Waals surface area contributed by atoms with Crippen LogP contribution in [0, 0.1) is 17.8 Å². The standard InChI is InChI=1S/C23H29N7O5/c1-2-15(31)29(10-12-5-6-12)9-3-4-14-27-20(24)16-21(28-14)30(11-25-16)23-18(33)17(32)19(35-23)22(34)26-13-7-8-13/h11-13,17-19,23,32-33H,2,5-10H2,1H3,(H,26,34)(H2,24,27,28)/t17?,18-,19-,23+/m0/s1. The average molecular weight is 484 g/mol. The summed E-state index contributed by atoms with van der Waals surface area (Å²) in [5.41, 5.74) is 6.60. The number of hydrogen-bond acceptors (Lipinski definition) is 9. The van der Waals surface area contributed by atoms with E-state index in [0.717, 1.165) is 25.7 Å². The van der Waals surface area contributed by atoms with Gasteiger partial charge in [-0.25, -0.2) is 15.0 Å². The first-order valence-corrected chi connectivity index (χ1v) is 11.9. The van der Waals surface area contributed by atoms with Crippen LogP contribution in [0.15, 0.2) is 6.33 Å². The molecular formula is C23H29N7O5. The molecule has 2 aromatic rings. The number of aliphatic hydroxyl groups is 2. The van der Waals surface area contributed by atoms with Gasteiger partial charge in [-0.15, -0.1) is 0 Å². The number of aliphatic hydroxyl groups excluding tert-OH is 2. The summed E-state index contributed by atoms with van der Waals surface area (Å²) in [7, 11) is 0. The molecule has 0 radical (unpaired) electrons. The Balaban J connectivity index is 1.36. The molecule has 12 nitrogen and oxygen atoms in total. The molecule has 0 spiro atoms. The zero-order chi connectivity index (χ0) is 24.7. The molecule has 3 aliphatic rings. The van der Waals surface area contributed by atoms with Crippen molar-refractivity contribution in [3.8, 4) is 11.8 Å². The minimum absolute atomic E-state index is 0.0476. The van der Waals surface area contributed by atoms with Gasteiger partial charge in [0.2, 0.25) is 11.7 Å². The number of nitrogens with one attached hydrogen (secondary N) is 1. The number of hydrogen-bond donors (Lipinski definition) is 4. The molecule has 1 unspecified atom stereocenters. The molecule has 2 amide bonds. The number of ether oxygens (including phenoxy) is 1. The Morgan fingerprint density at radius 1 is 1.26 bits per heavy atom. The fourth-order valence-electron chi connectivity index (χ4n) is 4.10. The number of nitrogen functional groups attached to an aromatic ring is 1. The molecule has 2 aliphatic carbocycles. The maximum Gasteiger partial charge on any atom is 0.252 e. The van der Waals surface area contributed by atoms with E-state index in [-0.39, 0.29) is 41.3 Å². The lowest BCUT2D eigenvalue weighted by Crippen LogP contribution is -2.43. The van der Waals surface area contributed by atoms with Crippen LogP contribution in [0.3, 0.4) is 0 Å². The summed E-state index contributed by atoms with van der Waals surface area (Å²) >= 11 is 0. The SMILES string of the molecule is CCC(=O)N(CC#Cc1nc(N)c2ncn([C@@H]3O[C@H](C(=O)NC4CC4)C(O)[C@@H]3O)c2n1)CC1CC1. The van der Waals surface area contributed by atoms with E-state index in [1.165, 1.54) is 10.9 Å². The largest absolute Gasteiger partial charge is 0.387 e. The van der Waals surface area contributed by atoms with E-state index in [2.05, 4.69) is 32.1 Å².